The monoisotopic (exact) mass is 337 g/mol. The van der Waals surface area contributed by atoms with E-state index in [-0.39, 0.29) is 6.42 Å². The van der Waals surface area contributed by atoms with Crippen LogP contribution in [0.25, 0.3) is 0 Å². The molecule has 0 bridgehead atoms. The maximum atomic E-state index is 12.2. The first-order chi connectivity index (χ1) is 11.3. The van der Waals surface area contributed by atoms with E-state index < -0.39 is 42.2 Å². The third kappa shape index (κ3) is 6.05. The van der Waals surface area contributed by atoms with E-state index in [0.29, 0.717) is 5.56 Å². The van der Waals surface area contributed by atoms with Crippen molar-refractivity contribution in [3.8, 4) is 0 Å². The van der Waals surface area contributed by atoms with Crippen molar-refractivity contribution < 1.29 is 29.5 Å². The lowest BCUT2D eigenvalue weighted by Crippen LogP contribution is -2.50. The first-order valence-electron chi connectivity index (χ1n) is 7.13. The fourth-order valence-electron chi connectivity index (χ4n) is 1.93. The number of carboxylic acid groups (broad SMARTS) is 1. The summed E-state index contributed by atoms with van der Waals surface area (Å²) in [6.07, 6.45) is 0.0303. The Labute approximate surface area is 138 Å². The molecular weight excluding hydrogens is 318 g/mol. The lowest BCUT2D eigenvalue weighted by molar-refractivity contribution is -0.142. The molecule has 1 aromatic rings. The number of hydrogen-bond acceptors (Lipinski definition) is 5. The molecule has 2 atom stereocenters. The molecule has 0 unspecified atom stereocenters. The first kappa shape index (κ1) is 19.1. The van der Waals surface area contributed by atoms with Crippen LogP contribution in [0.3, 0.4) is 0 Å². The van der Waals surface area contributed by atoms with Crippen LogP contribution in [0.15, 0.2) is 30.3 Å². The SMILES string of the molecule is C[C@H](NC(=O)[C@H](Cc1ccccc1)C(=O)NO)C(=O)NCC(=O)O. The summed E-state index contributed by atoms with van der Waals surface area (Å²) in [5, 5.41) is 21.7. The van der Waals surface area contributed by atoms with Gasteiger partial charge in [-0.2, -0.15) is 0 Å². The minimum atomic E-state index is -1.24. The highest BCUT2D eigenvalue weighted by molar-refractivity contribution is 6.01. The van der Waals surface area contributed by atoms with Crippen molar-refractivity contribution in [2.75, 3.05) is 6.54 Å². The van der Waals surface area contributed by atoms with Crippen molar-refractivity contribution in [1.82, 2.24) is 16.1 Å². The summed E-state index contributed by atoms with van der Waals surface area (Å²) in [5.74, 6) is -4.83. The summed E-state index contributed by atoms with van der Waals surface area (Å²) in [6, 6.07) is 7.65. The highest BCUT2D eigenvalue weighted by Gasteiger charge is 2.29. The van der Waals surface area contributed by atoms with Gasteiger partial charge in [0, 0.05) is 0 Å². The second kappa shape index (κ2) is 9.26. The normalized spacial score (nSPS) is 12.6. The molecule has 0 heterocycles. The Morgan fingerprint density at radius 2 is 1.67 bits per heavy atom. The number of rotatable bonds is 8. The van der Waals surface area contributed by atoms with Gasteiger partial charge in [0.2, 0.25) is 11.8 Å². The average Bonchev–Trinajstić information content (AvgIpc) is 2.57. The van der Waals surface area contributed by atoms with Crippen LogP contribution in [0.4, 0.5) is 0 Å². The van der Waals surface area contributed by atoms with Gasteiger partial charge in [-0.15, -0.1) is 0 Å². The molecule has 0 aliphatic heterocycles. The number of hydroxylamine groups is 1. The molecule has 5 N–H and O–H groups in total. The van der Waals surface area contributed by atoms with Crippen molar-refractivity contribution in [2.24, 2.45) is 5.92 Å². The average molecular weight is 337 g/mol. The fraction of sp³-hybridized carbons (Fsp3) is 0.333. The number of nitrogens with one attached hydrogen (secondary N) is 3. The van der Waals surface area contributed by atoms with Gasteiger partial charge in [-0.25, -0.2) is 5.48 Å². The van der Waals surface area contributed by atoms with Crippen molar-refractivity contribution in [1.29, 1.82) is 0 Å². The predicted molar refractivity (Wildman–Crippen MR) is 81.8 cm³/mol. The second-order valence-corrected chi connectivity index (χ2v) is 5.06. The van der Waals surface area contributed by atoms with Gasteiger partial charge < -0.3 is 15.7 Å². The highest BCUT2D eigenvalue weighted by Crippen LogP contribution is 2.10. The lowest BCUT2D eigenvalue weighted by Gasteiger charge is -2.18. The van der Waals surface area contributed by atoms with Crippen LogP contribution in [0.1, 0.15) is 12.5 Å². The fourth-order valence-corrected chi connectivity index (χ4v) is 1.93. The second-order valence-electron chi connectivity index (χ2n) is 5.06. The molecule has 9 heteroatoms. The van der Waals surface area contributed by atoms with Gasteiger partial charge in [0.15, 0.2) is 0 Å². The molecule has 1 rings (SSSR count). The van der Waals surface area contributed by atoms with Gasteiger partial charge in [0.25, 0.3) is 5.91 Å². The van der Waals surface area contributed by atoms with Gasteiger partial charge in [-0.3, -0.25) is 24.4 Å². The summed E-state index contributed by atoms with van der Waals surface area (Å²) < 4.78 is 0. The van der Waals surface area contributed by atoms with E-state index in [4.69, 9.17) is 10.3 Å². The minimum absolute atomic E-state index is 0.0303. The summed E-state index contributed by atoms with van der Waals surface area (Å²) in [4.78, 5) is 46.0. The van der Waals surface area contributed by atoms with Crippen LogP contribution in [0, 0.1) is 5.92 Å². The Bertz CT molecular complexity index is 604. The van der Waals surface area contributed by atoms with Crippen molar-refractivity contribution in [3.05, 3.63) is 35.9 Å². The molecule has 0 aromatic heterocycles. The quantitative estimate of drug-likeness (QED) is 0.235. The predicted octanol–water partition coefficient (Wildman–Crippen LogP) is -0.944. The summed E-state index contributed by atoms with van der Waals surface area (Å²) in [5.41, 5.74) is 2.13. The molecular formula is C15H19N3O6. The van der Waals surface area contributed by atoms with Gasteiger partial charge in [0.05, 0.1) is 0 Å². The van der Waals surface area contributed by atoms with Crippen molar-refractivity contribution >= 4 is 23.7 Å². The number of carbonyl (C=O) groups is 4. The topological polar surface area (TPSA) is 145 Å². The Balaban J connectivity index is 2.72. The first-order valence-corrected chi connectivity index (χ1v) is 7.13. The molecule has 0 spiro atoms. The number of hydrogen-bond donors (Lipinski definition) is 5. The van der Waals surface area contributed by atoms with E-state index in [0.717, 1.165) is 0 Å². The zero-order chi connectivity index (χ0) is 18.1. The van der Waals surface area contributed by atoms with E-state index in [1.807, 2.05) is 0 Å². The zero-order valence-electron chi connectivity index (χ0n) is 13.0. The minimum Gasteiger partial charge on any atom is -0.480 e. The molecule has 130 valence electrons. The Kier molecular flexibility index (Phi) is 7.37. The standard InChI is InChI=1S/C15H19N3O6/c1-9(13(21)16-8-12(19)20)17-14(22)11(15(23)18-24)7-10-5-3-2-4-6-10/h2-6,9,11,24H,7-8H2,1H3,(H,16,21)(H,17,22)(H,18,23)(H,19,20)/t9-,11-/m0/s1. The van der Waals surface area contributed by atoms with E-state index >= 15 is 0 Å². The summed E-state index contributed by atoms with van der Waals surface area (Å²) >= 11 is 0. The number of aliphatic carboxylic acids is 1. The van der Waals surface area contributed by atoms with Crippen LogP contribution in [0.5, 0.6) is 0 Å². The van der Waals surface area contributed by atoms with Gasteiger partial charge in [-0.1, -0.05) is 30.3 Å². The van der Waals surface area contributed by atoms with Crippen LogP contribution in [-0.4, -0.2) is 46.6 Å². The number of carbonyl (C=O) groups excluding carboxylic acids is 3. The van der Waals surface area contributed by atoms with Crippen LogP contribution >= 0.6 is 0 Å². The molecule has 0 fully saturated rings. The van der Waals surface area contributed by atoms with Gasteiger partial charge in [0.1, 0.15) is 18.5 Å². The molecule has 0 aliphatic carbocycles. The molecule has 0 radical (unpaired) electrons. The van der Waals surface area contributed by atoms with Crippen molar-refractivity contribution in [3.63, 3.8) is 0 Å². The molecule has 0 aliphatic rings. The third-order valence-corrected chi connectivity index (χ3v) is 3.19. The number of benzene rings is 1. The Morgan fingerprint density at radius 3 is 2.21 bits per heavy atom. The molecule has 3 amide bonds. The van der Waals surface area contributed by atoms with Gasteiger partial charge in [-0.05, 0) is 18.9 Å². The zero-order valence-corrected chi connectivity index (χ0v) is 13.0. The lowest BCUT2D eigenvalue weighted by atomic mass is 9.97. The smallest absolute Gasteiger partial charge is 0.322 e. The van der Waals surface area contributed by atoms with Crippen LogP contribution < -0.4 is 16.1 Å². The molecule has 0 saturated carbocycles. The third-order valence-electron chi connectivity index (χ3n) is 3.19. The Hall–Kier alpha value is -2.94. The molecule has 0 saturated heterocycles. The maximum absolute atomic E-state index is 12.2. The van der Waals surface area contributed by atoms with Crippen LogP contribution in [-0.2, 0) is 25.6 Å². The largest absolute Gasteiger partial charge is 0.480 e. The number of amides is 3. The maximum Gasteiger partial charge on any atom is 0.322 e. The van der Waals surface area contributed by atoms with Crippen LogP contribution in [0.2, 0.25) is 0 Å². The van der Waals surface area contributed by atoms with E-state index in [9.17, 15) is 19.2 Å². The van der Waals surface area contributed by atoms with Crippen molar-refractivity contribution in [2.45, 2.75) is 19.4 Å². The highest BCUT2D eigenvalue weighted by atomic mass is 16.5. The van der Waals surface area contributed by atoms with E-state index in [2.05, 4.69) is 10.6 Å². The van der Waals surface area contributed by atoms with E-state index in [1.165, 1.54) is 12.4 Å². The molecule has 9 nitrogen and oxygen atoms in total. The Morgan fingerprint density at radius 1 is 1.04 bits per heavy atom. The summed E-state index contributed by atoms with van der Waals surface area (Å²) in [6.45, 7) is 0.773. The van der Waals surface area contributed by atoms with E-state index in [1.54, 1.807) is 30.3 Å². The molecule has 24 heavy (non-hydrogen) atoms. The summed E-state index contributed by atoms with van der Waals surface area (Å²) in [7, 11) is 0. The molecule has 1 aromatic carbocycles. The van der Waals surface area contributed by atoms with Gasteiger partial charge >= 0.3 is 5.97 Å². The number of carboxylic acids is 1.